The van der Waals surface area contributed by atoms with Crippen molar-refractivity contribution in [3.8, 4) is 5.75 Å². The molecule has 19 heavy (non-hydrogen) atoms. The number of carbonyl (C=O) groups excluding carboxylic acids is 1. The van der Waals surface area contributed by atoms with Crippen LogP contribution in [0.2, 0.25) is 0 Å². The van der Waals surface area contributed by atoms with Crippen LogP contribution in [0.25, 0.3) is 0 Å². The molecule has 0 bridgehead atoms. The number of hydrogen-bond acceptors (Lipinski definition) is 3. The maximum absolute atomic E-state index is 11.6. The number of hydrogen-bond donors (Lipinski definition) is 2. The first-order valence-corrected chi connectivity index (χ1v) is 6.15. The van der Waals surface area contributed by atoms with Crippen LogP contribution in [0.1, 0.15) is 18.9 Å². The van der Waals surface area contributed by atoms with E-state index in [9.17, 15) is 9.59 Å². The number of rotatable bonds is 7. The van der Waals surface area contributed by atoms with Gasteiger partial charge in [-0.05, 0) is 24.1 Å². The topological polar surface area (TPSA) is 75.6 Å². The minimum absolute atomic E-state index is 0.143. The molecule has 0 saturated carbocycles. The quantitative estimate of drug-likeness (QED) is 0.782. The molecule has 0 aliphatic carbocycles. The van der Waals surface area contributed by atoms with Crippen LogP contribution in [0.5, 0.6) is 5.75 Å². The highest BCUT2D eigenvalue weighted by Gasteiger charge is 2.12. The lowest BCUT2D eigenvalue weighted by molar-refractivity contribution is -0.141. The number of carbonyl (C=O) groups is 2. The zero-order chi connectivity index (χ0) is 14.3. The molecule has 0 spiro atoms. The number of benzene rings is 1. The van der Waals surface area contributed by atoms with Gasteiger partial charge in [-0.2, -0.15) is 0 Å². The first kappa shape index (κ1) is 15.0. The zero-order valence-corrected chi connectivity index (χ0v) is 11.2. The van der Waals surface area contributed by atoms with Crippen LogP contribution >= 0.6 is 0 Å². The van der Waals surface area contributed by atoms with Gasteiger partial charge in [-0.25, -0.2) is 0 Å². The molecule has 104 valence electrons. The maximum Gasteiger partial charge on any atom is 0.308 e. The summed E-state index contributed by atoms with van der Waals surface area (Å²) in [5.74, 6) is -0.859. The van der Waals surface area contributed by atoms with Crippen molar-refractivity contribution in [2.24, 2.45) is 5.92 Å². The van der Waals surface area contributed by atoms with Crippen molar-refractivity contribution in [3.63, 3.8) is 0 Å². The number of carboxylic acids is 1. The van der Waals surface area contributed by atoms with Gasteiger partial charge in [-0.15, -0.1) is 0 Å². The molecule has 1 aromatic rings. The van der Waals surface area contributed by atoms with Gasteiger partial charge in [-0.1, -0.05) is 19.1 Å². The van der Waals surface area contributed by atoms with E-state index >= 15 is 0 Å². The Bertz CT molecular complexity index is 445. The second-order valence-corrected chi connectivity index (χ2v) is 4.39. The molecule has 5 nitrogen and oxygen atoms in total. The summed E-state index contributed by atoms with van der Waals surface area (Å²) < 4.78 is 5.10. The van der Waals surface area contributed by atoms with Gasteiger partial charge in [0, 0.05) is 13.0 Å². The average molecular weight is 265 g/mol. The minimum Gasteiger partial charge on any atom is -0.497 e. The van der Waals surface area contributed by atoms with Crippen LogP contribution in [0.15, 0.2) is 24.3 Å². The van der Waals surface area contributed by atoms with Gasteiger partial charge in [-0.3, -0.25) is 9.59 Å². The Morgan fingerprint density at radius 2 is 2.16 bits per heavy atom. The van der Waals surface area contributed by atoms with Gasteiger partial charge in [0.15, 0.2) is 0 Å². The van der Waals surface area contributed by atoms with Crippen molar-refractivity contribution in [2.75, 3.05) is 13.7 Å². The van der Waals surface area contributed by atoms with Crippen LogP contribution in [0.3, 0.4) is 0 Å². The van der Waals surface area contributed by atoms with E-state index in [1.54, 1.807) is 14.0 Å². The summed E-state index contributed by atoms with van der Waals surface area (Å²) in [7, 11) is 1.60. The zero-order valence-electron chi connectivity index (χ0n) is 11.2. The molecular weight excluding hydrogens is 246 g/mol. The van der Waals surface area contributed by atoms with Crippen molar-refractivity contribution in [3.05, 3.63) is 29.8 Å². The lowest BCUT2D eigenvalue weighted by Crippen LogP contribution is -2.31. The van der Waals surface area contributed by atoms with Crippen molar-refractivity contribution < 1.29 is 19.4 Å². The van der Waals surface area contributed by atoms with Crippen LogP contribution in [-0.4, -0.2) is 30.6 Å². The normalized spacial score (nSPS) is 11.7. The van der Waals surface area contributed by atoms with Gasteiger partial charge in [0.1, 0.15) is 5.75 Å². The number of ether oxygens (including phenoxy) is 1. The molecule has 0 radical (unpaired) electrons. The third kappa shape index (κ3) is 5.42. The van der Waals surface area contributed by atoms with Crippen LogP contribution in [0.4, 0.5) is 0 Å². The first-order valence-electron chi connectivity index (χ1n) is 6.15. The number of amides is 1. The minimum atomic E-state index is -0.909. The highest BCUT2D eigenvalue weighted by molar-refractivity contribution is 5.77. The maximum atomic E-state index is 11.6. The van der Waals surface area contributed by atoms with E-state index in [2.05, 4.69) is 5.32 Å². The van der Waals surface area contributed by atoms with Crippen molar-refractivity contribution in [1.82, 2.24) is 5.32 Å². The Morgan fingerprint density at radius 3 is 2.79 bits per heavy atom. The summed E-state index contributed by atoms with van der Waals surface area (Å²) >= 11 is 0. The molecule has 1 atom stereocenters. The van der Waals surface area contributed by atoms with Gasteiger partial charge in [0.25, 0.3) is 0 Å². The summed E-state index contributed by atoms with van der Waals surface area (Å²) in [6.45, 7) is 1.72. The fraction of sp³-hybridized carbons (Fsp3) is 0.429. The summed E-state index contributed by atoms with van der Waals surface area (Å²) in [6, 6.07) is 7.53. The lowest BCUT2D eigenvalue weighted by Gasteiger charge is -2.08. The third-order valence-corrected chi connectivity index (χ3v) is 2.80. The molecule has 0 fully saturated rings. The van der Waals surface area contributed by atoms with Gasteiger partial charge in [0.2, 0.25) is 5.91 Å². The molecule has 1 rings (SSSR count). The second kappa shape index (κ2) is 7.41. The van der Waals surface area contributed by atoms with Crippen LogP contribution in [0, 0.1) is 5.92 Å². The van der Waals surface area contributed by atoms with Gasteiger partial charge >= 0.3 is 5.97 Å². The molecule has 2 N–H and O–H groups in total. The second-order valence-electron chi connectivity index (χ2n) is 4.39. The molecule has 1 amide bonds. The lowest BCUT2D eigenvalue weighted by atomic mass is 10.1. The first-order chi connectivity index (χ1) is 9.02. The Labute approximate surface area is 112 Å². The van der Waals surface area contributed by atoms with E-state index in [0.29, 0.717) is 12.8 Å². The molecule has 0 aliphatic rings. The molecule has 0 unspecified atom stereocenters. The smallest absolute Gasteiger partial charge is 0.308 e. The number of aliphatic carboxylic acids is 1. The fourth-order valence-electron chi connectivity index (χ4n) is 1.53. The molecular formula is C14H19NO4. The molecule has 0 saturated heterocycles. The average Bonchev–Trinajstić information content (AvgIpc) is 2.42. The van der Waals surface area contributed by atoms with Gasteiger partial charge < -0.3 is 15.2 Å². The van der Waals surface area contributed by atoms with E-state index in [-0.39, 0.29) is 12.5 Å². The predicted molar refractivity (Wildman–Crippen MR) is 71.1 cm³/mol. The largest absolute Gasteiger partial charge is 0.497 e. The van der Waals surface area contributed by atoms with Gasteiger partial charge in [0.05, 0.1) is 13.0 Å². The van der Waals surface area contributed by atoms with E-state index < -0.39 is 11.9 Å². The highest BCUT2D eigenvalue weighted by Crippen LogP contribution is 2.13. The van der Waals surface area contributed by atoms with Crippen molar-refractivity contribution in [2.45, 2.75) is 19.8 Å². The predicted octanol–water partition coefficient (Wildman–Crippen LogP) is 1.46. The summed E-state index contributed by atoms with van der Waals surface area (Å²) in [6.07, 6.45) is 0.935. The molecule has 1 aromatic carbocycles. The van der Waals surface area contributed by atoms with E-state index in [1.165, 1.54) is 0 Å². The van der Waals surface area contributed by atoms with Crippen molar-refractivity contribution in [1.29, 1.82) is 0 Å². The summed E-state index contributed by atoms with van der Waals surface area (Å²) in [5, 5.41) is 11.3. The van der Waals surface area contributed by atoms with Crippen molar-refractivity contribution >= 4 is 11.9 Å². The number of nitrogens with one attached hydrogen (secondary N) is 1. The molecule has 0 aliphatic heterocycles. The Hall–Kier alpha value is -2.04. The SMILES string of the molecule is COc1cccc(CCC(=O)NC[C@H](C)C(=O)O)c1. The monoisotopic (exact) mass is 265 g/mol. The Kier molecular flexibility index (Phi) is 5.85. The van der Waals surface area contributed by atoms with Crippen LogP contribution < -0.4 is 10.1 Å². The Morgan fingerprint density at radius 1 is 1.42 bits per heavy atom. The van der Waals surface area contributed by atoms with E-state index in [4.69, 9.17) is 9.84 Å². The van der Waals surface area contributed by atoms with E-state index in [0.717, 1.165) is 11.3 Å². The van der Waals surface area contributed by atoms with Crippen LogP contribution in [-0.2, 0) is 16.0 Å². The summed E-state index contributed by atoms with van der Waals surface area (Å²) in [4.78, 5) is 22.2. The number of methoxy groups -OCH3 is 1. The fourth-order valence-corrected chi connectivity index (χ4v) is 1.53. The standard InChI is InChI=1S/C14H19NO4/c1-10(14(17)18)9-15-13(16)7-6-11-4-3-5-12(8-11)19-2/h3-5,8,10H,6-7,9H2,1-2H3,(H,15,16)(H,17,18)/t10-/m0/s1. The Balaban J connectivity index is 2.35. The molecule has 5 heteroatoms. The summed E-state index contributed by atoms with van der Waals surface area (Å²) in [5.41, 5.74) is 1.01. The third-order valence-electron chi connectivity index (χ3n) is 2.80. The number of carboxylic acid groups (broad SMARTS) is 1. The highest BCUT2D eigenvalue weighted by atomic mass is 16.5. The molecule has 0 heterocycles. The number of aryl methyl sites for hydroxylation is 1. The van der Waals surface area contributed by atoms with E-state index in [1.807, 2.05) is 24.3 Å². The molecule has 0 aromatic heterocycles.